The number of hydrogen-bond acceptors (Lipinski definition) is 3. The van der Waals surface area contributed by atoms with E-state index in [0.717, 1.165) is 0 Å². The maximum atomic E-state index is 12.7. The number of hydrogen-bond donors (Lipinski definition) is 0. The van der Waals surface area contributed by atoms with E-state index in [-0.39, 0.29) is 24.5 Å². The molecule has 6 heteroatoms. The van der Waals surface area contributed by atoms with Crippen molar-refractivity contribution in [3.63, 3.8) is 0 Å². The molecule has 0 unspecified atom stereocenters. The van der Waals surface area contributed by atoms with Gasteiger partial charge in [0.25, 0.3) is 0 Å². The van der Waals surface area contributed by atoms with Crippen molar-refractivity contribution in [2.24, 2.45) is 0 Å². The molecule has 4 nitrogen and oxygen atoms in total. The SMILES string of the molecule is O=C1CCN(S(=O)(=O)Cc2ccccc2Cl)c2ccccc21. The molecule has 2 aromatic rings. The molecule has 114 valence electrons. The molecule has 0 radical (unpaired) electrons. The Bertz CT molecular complexity index is 833. The number of nitrogens with zero attached hydrogens (tertiary/aromatic N) is 1. The molecule has 0 bridgehead atoms. The summed E-state index contributed by atoms with van der Waals surface area (Å²) in [5.41, 5.74) is 1.46. The molecule has 0 saturated carbocycles. The van der Waals surface area contributed by atoms with E-state index in [4.69, 9.17) is 11.6 Å². The first-order valence-electron chi connectivity index (χ1n) is 6.85. The standard InChI is InChI=1S/C16H14ClNO3S/c17-14-7-3-1-5-12(14)11-22(20,21)18-10-9-16(19)13-6-2-4-8-15(13)18/h1-8H,9-11H2. The number of fused-ring (bicyclic) bond motifs is 1. The highest BCUT2D eigenvalue weighted by Crippen LogP contribution is 2.31. The highest BCUT2D eigenvalue weighted by atomic mass is 35.5. The number of anilines is 1. The lowest BCUT2D eigenvalue weighted by Gasteiger charge is -2.29. The first-order chi connectivity index (χ1) is 10.5. The van der Waals surface area contributed by atoms with Crippen LogP contribution in [-0.4, -0.2) is 20.7 Å². The maximum Gasteiger partial charge on any atom is 0.239 e. The second kappa shape index (κ2) is 5.74. The Morgan fingerprint density at radius 3 is 2.50 bits per heavy atom. The molecule has 1 heterocycles. The quantitative estimate of drug-likeness (QED) is 0.865. The van der Waals surface area contributed by atoms with Crippen LogP contribution < -0.4 is 4.31 Å². The molecule has 0 fully saturated rings. The van der Waals surface area contributed by atoms with Crippen molar-refractivity contribution in [1.82, 2.24) is 0 Å². The van der Waals surface area contributed by atoms with Gasteiger partial charge in [-0.1, -0.05) is 41.9 Å². The zero-order valence-corrected chi connectivity index (χ0v) is 13.3. The topological polar surface area (TPSA) is 54.5 Å². The van der Waals surface area contributed by atoms with Gasteiger partial charge in [-0.15, -0.1) is 0 Å². The van der Waals surface area contributed by atoms with Crippen LogP contribution in [0.1, 0.15) is 22.3 Å². The average molecular weight is 336 g/mol. The molecule has 0 atom stereocenters. The average Bonchev–Trinajstić information content (AvgIpc) is 2.50. The van der Waals surface area contributed by atoms with Crippen LogP contribution in [0.4, 0.5) is 5.69 Å². The van der Waals surface area contributed by atoms with Crippen LogP contribution in [-0.2, 0) is 15.8 Å². The predicted molar refractivity (Wildman–Crippen MR) is 86.8 cm³/mol. The lowest BCUT2D eigenvalue weighted by Crippen LogP contribution is -2.38. The Kier molecular flexibility index (Phi) is 3.93. The third-order valence-corrected chi connectivity index (χ3v) is 5.74. The molecule has 0 N–H and O–H groups in total. The predicted octanol–water partition coefficient (Wildman–Crippen LogP) is 3.26. The zero-order valence-electron chi connectivity index (χ0n) is 11.7. The van der Waals surface area contributed by atoms with Gasteiger partial charge in [0.05, 0.1) is 11.4 Å². The summed E-state index contributed by atoms with van der Waals surface area (Å²) in [4.78, 5) is 11.9. The van der Waals surface area contributed by atoms with Gasteiger partial charge in [0.2, 0.25) is 10.0 Å². The van der Waals surface area contributed by atoms with Crippen LogP contribution in [0.3, 0.4) is 0 Å². The Morgan fingerprint density at radius 2 is 1.73 bits per heavy atom. The van der Waals surface area contributed by atoms with Crippen LogP contribution in [0.25, 0.3) is 0 Å². The number of ketones is 1. The number of Topliss-reactive ketones (excluding diaryl/α,β-unsaturated/α-hetero) is 1. The summed E-state index contributed by atoms with van der Waals surface area (Å²) >= 11 is 6.06. The highest BCUT2D eigenvalue weighted by molar-refractivity contribution is 7.92. The second-order valence-corrected chi connectivity index (χ2v) is 7.41. The highest BCUT2D eigenvalue weighted by Gasteiger charge is 2.31. The molecule has 0 aromatic heterocycles. The van der Waals surface area contributed by atoms with Crippen molar-refractivity contribution < 1.29 is 13.2 Å². The fraction of sp³-hybridized carbons (Fsp3) is 0.188. The van der Waals surface area contributed by atoms with Gasteiger partial charge < -0.3 is 0 Å². The van der Waals surface area contributed by atoms with Gasteiger partial charge in [-0.2, -0.15) is 0 Å². The Hall–Kier alpha value is -1.85. The Balaban J connectivity index is 1.99. The summed E-state index contributed by atoms with van der Waals surface area (Å²) in [5, 5.41) is 0.424. The molecular formula is C16H14ClNO3S. The first-order valence-corrected chi connectivity index (χ1v) is 8.84. The summed E-state index contributed by atoms with van der Waals surface area (Å²) in [6.45, 7) is 0.169. The fourth-order valence-electron chi connectivity index (χ4n) is 2.56. The molecule has 1 aliphatic heterocycles. The summed E-state index contributed by atoms with van der Waals surface area (Å²) in [6.07, 6.45) is 0.193. The van der Waals surface area contributed by atoms with E-state index in [2.05, 4.69) is 0 Å². The summed E-state index contributed by atoms with van der Waals surface area (Å²) < 4.78 is 26.8. The number of benzene rings is 2. The van der Waals surface area contributed by atoms with E-state index in [1.165, 1.54) is 4.31 Å². The van der Waals surface area contributed by atoms with E-state index in [0.29, 0.717) is 21.8 Å². The monoisotopic (exact) mass is 335 g/mol. The fourth-order valence-corrected chi connectivity index (χ4v) is 4.47. The summed E-state index contributed by atoms with van der Waals surface area (Å²) in [6, 6.07) is 13.7. The van der Waals surface area contributed by atoms with Crippen molar-refractivity contribution in [3.05, 3.63) is 64.7 Å². The van der Waals surface area contributed by atoms with Crippen LogP contribution in [0.15, 0.2) is 48.5 Å². The maximum absolute atomic E-state index is 12.7. The molecular weight excluding hydrogens is 322 g/mol. The lowest BCUT2D eigenvalue weighted by atomic mass is 10.0. The van der Waals surface area contributed by atoms with Crippen molar-refractivity contribution in [2.75, 3.05) is 10.8 Å². The van der Waals surface area contributed by atoms with E-state index in [9.17, 15) is 13.2 Å². The number of rotatable bonds is 3. The number of carbonyl (C=O) groups excluding carboxylic acids is 1. The van der Waals surface area contributed by atoms with Crippen LogP contribution in [0.5, 0.6) is 0 Å². The van der Waals surface area contributed by atoms with Gasteiger partial charge in [-0.3, -0.25) is 9.10 Å². The third-order valence-electron chi connectivity index (χ3n) is 3.65. The van der Waals surface area contributed by atoms with E-state index < -0.39 is 10.0 Å². The van der Waals surface area contributed by atoms with Crippen molar-refractivity contribution in [2.45, 2.75) is 12.2 Å². The Labute approximate surface area is 134 Å². The van der Waals surface area contributed by atoms with Crippen LogP contribution in [0.2, 0.25) is 5.02 Å². The number of halogens is 1. The number of carbonyl (C=O) groups is 1. The van der Waals surface area contributed by atoms with Gasteiger partial charge in [-0.05, 0) is 23.8 Å². The molecule has 0 spiro atoms. The van der Waals surface area contributed by atoms with Crippen molar-refractivity contribution in [1.29, 1.82) is 0 Å². The largest absolute Gasteiger partial charge is 0.294 e. The molecule has 0 saturated heterocycles. The first kappa shape index (κ1) is 15.1. The summed E-state index contributed by atoms with van der Waals surface area (Å²) in [5.74, 6) is -0.213. The van der Waals surface area contributed by atoms with Crippen molar-refractivity contribution in [3.8, 4) is 0 Å². The Morgan fingerprint density at radius 1 is 1.05 bits per heavy atom. The van der Waals surface area contributed by atoms with E-state index in [1.54, 1.807) is 48.5 Å². The second-order valence-electron chi connectivity index (χ2n) is 5.11. The molecule has 3 rings (SSSR count). The minimum atomic E-state index is -3.60. The zero-order chi connectivity index (χ0) is 15.7. The van der Waals surface area contributed by atoms with Gasteiger partial charge >= 0.3 is 0 Å². The van der Waals surface area contributed by atoms with Crippen molar-refractivity contribution >= 4 is 33.1 Å². The van der Waals surface area contributed by atoms with Gasteiger partial charge in [0, 0.05) is 23.6 Å². The molecule has 2 aromatic carbocycles. The lowest BCUT2D eigenvalue weighted by molar-refractivity contribution is 0.0982. The van der Waals surface area contributed by atoms with E-state index >= 15 is 0 Å². The van der Waals surface area contributed by atoms with Gasteiger partial charge in [-0.25, -0.2) is 8.42 Å². The minimum absolute atomic E-state index is 0.0280. The number of sulfonamides is 1. The van der Waals surface area contributed by atoms with Gasteiger partial charge in [0.15, 0.2) is 5.78 Å². The van der Waals surface area contributed by atoms with E-state index in [1.807, 2.05) is 0 Å². The summed E-state index contributed by atoms with van der Waals surface area (Å²) in [7, 11) is -3.60. The molecule has 1 aliphatic rings. The third kappa shape index (κ3) is 2.74. The number of para-hydroxylation sites is 1. The van der Waals surface area contributed by atoms with Crippen LogP contribution in [0, 0.1) is 0 Å². The van der Waals surface area contributed by atoms with Gasteiger partial charge in [0.1, 0.15) is 0 Å². The minimum Gasteiger partial charge on any atom is -0.294 e. The molecule has 0 amide bonds. The molecule has 22 heavy (non-hydrogen) atoms. The smallest absolute Gasteiger partial charge is 0.239 e. The molecule has 0 aliphatic carbocycles. The normalized spacial score (nSPS) is 14.8. The van der Waals surface area contributed by atoms with Crippen LogP contribution >= 0.6 is 11.6 Å².